The minimum absolute atomic E-state index is 0.824. The highest BCUT2D eigenvalue weighted by Crippen LogP contribution is 2.39. The van der Waals surface area contributed by atoms with Crippen molar-refractivity contribution >= 4 is 44.4 Å². The summed E-state index contributed by atoms with van der Waals surface area (Å²) < 4.78 is 152. The van der Waals surface area contributed by atoms with Gasteiger partial charge in [0.15, 0.2) is 44.0 Å². The molecular formula is C50H84N4O41S2. The Labute approximate surface area is 550 Å². The number of aliphatic hydroxyl groups is 16. The summed E-state index contributed by atoms with van der Waals surface area (Å²) in [6.07, 6.45) is -65.1. The standard InChI is InChI=1S/C50H84N4O41S2/c1-12-27(63)35(71)36(72)48(83-12)94-43-42(93-47-26(54-16(5)62)40(29(65)18(7-56)86-47)91-46-23(51-13(2)59)33(69)28(64)17(6-55)85-46)31(67)20(9-58)88-50(43)92-39-25(53-15(4)61)44(74)84-21(32(39)68)10-81-45-24(52-14(3)60)34(70)38(22(89-45)11-82-96(75,76)77)90-49-37(73)41(95-97(78,79)80)30(66)19(8-57)87-49/h12,17-50,55-58,63-74H,6-11H2,1-5H3,(H,51,59)(H,52,60)(H,53,61)(H,54,62)(H,75,76,77)(H,78,79,80)/t12-,17+,18+,19+,20+,21+,22+,23+,24+,25+,26+,27+,28+,29-,30-,31-,32-,33+,34+,35+,36-,37+,38+,39+,40+,41-,42-,43+,44?,45+,46+,47+,48-,49-,50-/m0/s1. The Morgan fingerprint density at radius 1 is 0.351 bits per heavy atom. The third kappa shape index (κ3) is 19.6. The molecule has 7 aliphatic heterocycles. The second kappa shape index (κ2) is 34.2. The first-order valence-electron chi connectivity index (χ1n) is 29.8. The Balaban J connectivity index is 1.24. The third-order valence-electron chi connectivity index (χ3n) is 16.5. The SMILES string of the molecule is CC(=O)N[C@H]1[C@H](OC[C@H]2OC(O)[C@H](NC(C)=O)[C@@H](O[C@@H]3O[C@H](CO)[C@H](O)[C@H](O[C@H]4O[C@H](CO)[C@H](O)[C@H](O[C@H]5O[C@H](CO)[C@@H](O)[C@H](O)[C@H]5NC(C)=O)[C@H]4NC(C)=O)[C@H]3O[C@@H]3O[C@@H](C)[C@@H](O)[C@@H](O)[C@@H]3O)[C@H]2O)O[C@H](COS(=O)(=O)O)[C@@H](O[C@@H]2O[C@H](CO)[C@H](O)[C@H](OS(=O)(=O)O)[C@H]2O)[C@@H]1O. The Morgan fingerprint density at radius 2 is 0.753 bits per heavy atom. The molecule has 45 nitrogen and oxygen atoms in total. The Kier molecular flexibility index (Phi) is 28.4. The van der Waals surface area contributed by atoms with Gasteiger partial charge in [0.05, 0.1) is 45.7 Å². The lowest BCUT2D eigenvalue weighted by Crippen LogP contribution is -2.72. The molecule has 4 amide bonds. The summed E-state index contributed by atoms with van der Waals surface area (Å²) in [5.41, 5.74) is 0. The first-order valence-corrected chi connectivity index (χ1v) is 32.5. The van der Waals surface area contributed by atoms with Gasteiger partial charge < -0.3 is 165 Å². The van der Waals surface area contributed by atoms with Crippen LogP contribution in [0.2, 0.25) is 0 Å². The van der Waals surface area contributed by atoms with Gasteiger partial charge in [-0.2, -0.15) is 16.8 Å². The Bertz CT molecular complexity index is 2830. The van der Waals surface area contributed by atoms with Crippen LogP contribution in [0.4, 0.5) is 0 Å². The van der Waals surface area contributed by atoms with Crippen LogP contribution in [0.15, 0.2) is 0 Å². The molecule has 0 aliphatic carbocycles. The third-order valence-corrected chi connectivity index (χ3v) is 17.4. The minimum Gasteiger partial charge on any atom is -0.394 e. The smallest absolute Gasteiger partial charge is 0.394 e. The quantitative estimate of drug-likeness (QED) is 0.0358. The summed E-state index contributed by atoms with van der Waals surface area (Å²) in [6, 6.07) is -7.55. The summed E-state index contributed by atoms with van der Waals surface area (Å²) >= 11 is 0. The van der Waals surface area contributed by atoms with Crippen molar-refractivity contribution < 1.29 is 197 Å². The number of amides is 4. The number of nitrogens with one attached hydrogen (secondary N) is 4. The topological polar surface area (TPSA) is 687 Å². The first-order chi connectivity index (χ1) is 45.3. The van der Waals surface area contributed by atoms with Crippen LogP contribution in [0.25, 0.3) is 0 Å². The molecule has 0 aromatic carbocycles. The molecule has 0 radical (unpaired) electrons. The molecule has 562 valence electrons. The second-order valence-corrected chi connectivity index (χ2v) is 25.7. The van der Waals surface area contributed by atoms with E-state index in [0.717, 1.165) is 27.7 Å². The van der Waals surface area contributed by atoms with Crippen LogP contribution in [-0.2, 0) is 110 Å². The summed E-state index contributed by atoms with van der Waals surface area (Å²) in [7, 11) is -10.9. The highest BCUT2D eigenvalue weighted by atomic mass is 32.3. The van der Waals surface area contributed by atoms with Crippen molar-refractivity contribution in [2.75, 3.05) is 39.6 Å². The van der Waals surface area contributed by atoms with Crippen LogP contribution in [-0.4, -0.2) is 386 Å². The molecule has 97 heavy (non-hydrogen) atoms. The van der Waals surface area contributed by atoms with Crippen LogP contribution in [0, 0.1) is 0 Å². The monoisotopic (exact) mass is 1460 g/mol. The lowest BCUT2D eigenvalue weighted by Gasteiger charge is -2.52. The van der Waals surface area contributed by atoms with Gasteiger partial charge in [-0.05, 0) is 6.92 Å². The molecule has 7 heterocycles. The van der Waals surface area contributed by atoms with Crippen molar-refractivity contribution in [2.45, 2.75) is 249 Å². The molecule has 47 heteroatoms. The average molecular weight is 1460 g/mol. The molecular weight excluding hydrogens is 1380 g/mol. The molecule has 7 aliphatic rings. The van der Waals surface area contributed by atoms with E-state index in [1.165, 1.54) is 6.92 Å². The van der Waals surface area contributed by atoms with Gasteiger partial charge in [-0.25, -0.2) is 8.37 Å². The number of hydrogen-bond donors (Lipinski definition) is 22. The van der Waals surface area contributed by atoms with Crippen LogP contribution in [0.5, 0.6) is 0 Å². The van der Waals surface area contributed by atoms with Crippen molar-refractivity contribution in [1.29, 1.82) is 0 Å². The predicted octanol–water partition coefficient (Wildman–Crippen LogP) is -15.0. The number of carbonyl (C=O) groups is 4. The zero-order chi connectivity index (χ0) is 72.2. The fraction of sp³-hybridized carbons (Fsp3) is 0.920. The predicted molar refractivity (Wildman–Crippen MR) is 298 cm³/mol. The Morgan fingerprint density at radius 3 is 1.29 bits per heavy atom. The van der Waals surface area contributed by atoms with E-state index in [2.05, 4.69) is 29.6 Å². The molecule has 0 aromatic rings. The lowest BCUT2D eigenvalue weighted by atomic mass is 9.93. The van der Waals surface area contributed by atoms with Gasteiger partial charge in [-0.1, -0.05) is 0 Å². The maximum atomic E-state index is 13.1. The van der Waals surface area contributed by atoms with Crippen molar-refractivity contribution in [3.63, 3.8) is 0 Å². The summed E-state index contributed by atoms with van der Waals surface area (Å²) in [5, 5.41) is 187. The second-order valence-electron chi connectivity index (χ2n) is 23.6. The highest BCUT2D eigenvalue weighted by molar-refractivity contribution is 7.81. The number of aliphatic hydroxyl groups excluding tert-OH is 16. The van der Waals surface area contributed by atoms with E-state index in [4.69, 9.17) is 61.6 Å². The Hall–Kier alpha value is -3.54. The van der Waals surface area contributed by atoms with Gasteiger partial charge in [-0.3, -0.25) is 28.3 Å². The van der Waals surface area contributed by atoms with Crippen molar-refractivity contribution in [2.24, 2.45) is 0 Å². The van der Waals surface area contributed by atoms with E-state index < -0.39 is 299 Å². The fourth-order valence-electron chi connectivity index (χ4n) is 11.8. The molecule has 0 spiro atoms. The van der Waals surface area contributed by atoms with E-state index in [1.807, 2.05) is 0 Å². The summed E-state index contributed by atoms with van der Waals surface area (Å²) in [5.74, 6) is -3.72. The molecule has 7 saturated heterocycles. The summed E-state index contributed by atoms with van der Waals surface area (Å²) in [4.78, 5) is 51.1. The van der Waals surface area contributed by atoms with E-state index in [1.54, 1.807) is 0 Å². The van der Waals surface area contributed by atoms with E-state index in [-0.39, 0.29) is 0 Å². The summed E-state index contributed by atoms with van der Waals surface area (Å²) in [6.45, 7) is -1.94. The van der Waals surface area contributed by atoms with Gasteiger partial charge in [0.25, 0.3) is 0 Å². The molecule has 1 unspecified atom stereocenters. The molecule has 0 aromatic heterocycles. The van der Waals surface area contributed by atoms with Gasteiger partial charge in [0, 0.05) is 27.7 Å². The van der Waals surface area contributed by atoms with Gasteiger partial charge in [0.2, 0.25) is 23.6 Å². The van der Waals surface area contributed by atoms with Crippen LogP contribution < -0.4 is 21.3 Å². The van der Waals surface area contributed by atoms with Crippen molar-refractivity contribution in [3.8, 4) is 0 Å². The molecule has 22 N–H and O–H groups in total. The zero-order valence-electron chi connectivity index (χ0n) is 51.7. The minimum atomic E-state index is -5.50. The molecule has 35 atom stereocenters. The largest absolute Gasteiger partial charge is 0.397 e. The molecule has 7 fully saturated rings. The van der Waals surface area contributed by atoms with Gasteiger partial charge in [-0.15, -0.1) is 0 Å². The lowest BCUT2D eigenvalue weighted by molar-refractivity contribution is -0.399. The van der Waals surface area contributed by atoms with Gasteiger partial charge >= 0.3 is 20.8 Å². The van der Waals surface area contributed by atoms with E-state index in [0.29, 0.717) is 0 Å². The zero-order valence-corrected chi connectivity index (χ0v) is 53.3. The van der Waals surface area contributed by atoms with Crippen LogP contribution in [0.1, 0.15) is 34.6 Å². The van der Waals surface area contributed by atoms with Crippen molar-refractivity contribution in [3.05, 3.63) is 0 Å². The number of ether oxygens (including phenoxy) is 13. The molecule has 7 rings (SSSR count). The highest BCUT2D eigenvalue weighted by Gasteiger charge is 2.60. The molecule has 0 bridgehead atoms. The number of rotatable bonds is 26. The van der Waals surface area contributed by atoms with Crippen LogP contribution >= 0.6 is 0 Å². The molecule has 0 saturated carbocycles. The number of hydrogen-bond acceptors (Lipinski definition) is 39. The van der Waals surface area contributed by atoms with E-state index >= 15 is 0 Å². The normalized spacial score (nSPS) is 45.4. The first kappa shape index (κ1) is 80.8. The maximum absolute atomic E-state index is 13.1. The fourth-order valence-corrected chi connectivity index (χ4v) is 12.6. The van der Waals surface area contributed by atoms with Gasteiger partial charge in [0.1, 0.15) is 165 Å². The number of carbonyl (C=O) groups excluding carboxylic acids is 4. The maximum Gasteiger partial charge on any atom is 0.397 e. The van der Waals surface area contributed by atoms with Crippen LogP contribution in [0.3, 0.4) is 0 Å². The van der Waals surface area contributed by atoms with Crippen molar-refractivity contribution in [1.82, 2.24) is 21.3 Å². The van der Waals surface area contributed by atoms with E-state index in [9.17, 15) is 127 Å². The average Bonchev–Trinajstić information content (AvgIpc) is 0.756.